The van der Waals surface area contributed by atoms with E-state index in [2.05, 4.69) is 10.6 Å². The molecule has 0 fully saturated rings. The summed E-state index contributed by atoms with van der Waals surface area (Å²) in [5.41, 5.74) is 0.727. The molecule has 0 bridgehead atoms. The van der Waals surface area contributed by atoms with Crippen LogP contribution in [-0.4, -0.2) is 24.7 Å². The molecule has 0 radical (unpaired) electrons. The van der Waals surface area contributed by atoms with Crippen molar-refractivity contribution in [3.8, 4) is 11.5 Å². The average Bonchev–Trinajstić information content (AvgIpc) is 2.55. The van der Waals surface area contributed by atoms with Crippen molar-refractivity contribution in [1.29, 1.82) is 0 Å². The van der Waals surface area contributed by atoms with Crippen molar-refractivity contribution in [2.24, 2.45) is 0 Å². The fraction of sp³-hybridized carbons (Fsp3) is 0.125. The third-order valence-corrected chi connectivity index (χ3v) is 3.24. The molecule has 0 aliphatic heterocycles. The molecule has 0 saturated carbocycles. The van der Waals surface area contributed by atoms with E-state index in [0.29, 0.717) is 16.5 Å². The van der Waals surface area contributed by atoms with Gasteiger partial charge in [-0.15, -0.1) is 0 Å². The van der Waals surface area contributed by atoms with E-state index in [-0.39, 0.29) is 17.6 Å². The summed E-state index contributed by atoms with van der Waals surface area (Å²) in [4.78, 5) is 11.8. The standard InChI is InChI=1S/C16H15ClN2O3S/c1-21-13-4-2-3-5-14(13)22-10-15(20)19-16(23)18-12-8-6-11(17)7-9-12/h2-9H,10H2,1H3,(H2,18,19,20,23). The average molecular weight is 351 g/mol. The minimum absolute atomic E-state index is 0.178. The molecule has 0 heterocycles. The zero-order chi connectivity index (χ0) is 16.7. The van der Waals surface area contributed by atoms with Gasteiger partial charge in [-0.1, -0.05) is 23.7 Å². The van der Waals surface area contributed by atoms with Crippen LogP contribution in [0.25, 0.3) is 0 Å². The van der Waals surface area contributed by atoms with E-state index >= 15 is 0 Å². The fourth-order valence-electron chi connectivity index (χ4n) is 1.74. The van der Waals surface area contributed by atoms with E-state index in [4.69, 9.17) is 33.3 Å². The number of nitrogens with one attached hydrogen (secondary N) is 2. The maximum atomic E-state index is 11.8. The molecular weight excluding hydrogens is 336 g/mol. The highest BCUT2D eigenvalue weighted by atomic mass is 35.5. The summed E-state index contributed by atoms with van der Waals surface area (Å²) in [7, 11) is 1.54. The Morgan fingerprint density at radius 1 is 1.13 bits per heavy atom. The molecule has 2 rings (SSSR count). The fourth-order valence-corrected chi connectivity index (χ4v) is 2.10. The lowest BCUT2D eigenvalue weighted by atomic mass is 10.3. The van der Waals surface area contributed by atoms with Gasteiger partial charge in [0.15, 0.2) is 23.2 Å². The van der Waals surface area contributed by atoms with Gasteiger partial charge < -0.3 is 14.8 Å². The molecule has 2 aromatic carbocycles. The van der Waals surface area contributed by atoms with Gasteiger partial charge in [0, 0.05) is 10.7 Å². The van der Waals surface area contributed by atoms with Crippen LogP contribution in [0.1, 0.15) is 0 Å². The molecule has 0 aromatic heterocycles. The van der Waals surface area contributed by atoms with Gasteiger partial charge in [0.05, 0.1) is 7.11 Å². The van der Waals surface area contributed by atoms with Gasteiger partial charge in [-0.05, 0) is 48.6 Å². The molecule has 120 valence electrons. The van der Waals surface area contributed by atoms with Crippen molar-refractivity contribution in [1.82, 2.24) is 5.32 Å². The molecule has 2 N–H and O–H groups in total. The third kappa shape index (κ3) is 5.43. The Morgan fingerprint density at radius 2 is 1.78 bits per heavy atom. The van der Waals surface area contributed by atoms with Gasteiger partial charge in [0.25, 0.3) is 5.91 Å². The van der Waals surface area contributed by atoms with Crippen LogP contribution >= 0.6 is 23.8 Å². The number of halogens is 1. The predicted molar refractivity (Wildman–Crippen MR) is 94.3 cm³/mol. The number of anilines is 1. The van der Waals surface area contributed by atoms with E-state index < -0.39 is 0 Å². The van der Waals surface area contributed by atoms with Crippen LogP contribution in [0.4, 0.5) is 5.69 Å². The second-order valence-electron chi connectivity index (χ2n) is 4.45. The molecule has 23 heavy (non-hydrogen) atoms. The van der Waals surface area contributed by atoms with Crippen LogP contribution in [0.2, 0.25) is 5.02 Å². The largest absolute Gasteiger partial charge is 0.493 e. The van der Waals surface area contributed by atoms with Crippen molar-refractivity contribution in [2.45, 2.75) is 0 Å². The molecule has 7 heteroatoms. The second-order valence-corrected chi connectivity index (χ2v) is 5.29. The molecule has 0 spiro atoms. The van der Waals surface area contributed by atoms with Gasteiger partial charge in [0.2, 0.25) is 0 Å². The first-order valence-corrected chi connectivity index (χ1v) is 7.49. The SMILES string of the molecule is COc1ccccc1OCC(=O)NC(=S)Nc1ccc(Cl)cc1. The zero-order valence-corrected chi connectivity index (χ0v) is 13.9. The number of hydrogen-bond donors (Lipinski definition) is 2. The van der Waals surface area contributed by atoms with Crippen molar-refractivity contribution >= 4 is 40.5 Å². The highest BCUT2D eigenvalue weighted by Gasteiger charge is 2.08. The summed E-state index contributed by atoms with van der Waals surface area (Å²) in [5.74, 6) is 0.672. The molecule has 0 atom stereocenters. The highest BCUT2D eigenvalue weighted by Crippen LogP contribution is 2.25. The number of thiocarbonyl (C=S) groups is 1. The first-order valence-electron chi connectivity index (χ1n) is 6.70. The minimum atomic E-state index is -0.373. The Balaban J connectivity index is 1.82. The Morgan fingerprint density at radius 3 is 2.43 bits per heavy atom. The topological polar surface area (TPSA) is 59.6 Å². The lowest BCUT2D eigenvalue weighted by Crippen LogP contribution is -2.37. The smallest absolute Gasteiger partial charge is 0.264 e. The molecule has 0 unspecified atom stereocenters. The predicted octanol–water partition coefficient (Wildman–Crippen LogP) is 3.24. The van der Waals surface area contributed by atoms with Crippen LogP contribution in [0, 0.1) is 0 Å². The first kappa shape index (κ1) is 17.1. The number of benzene rings is 2. The van der Waals surface area contributed by atoms with Gasteiger partial charge in [-0.25, -0.2) is 0 Å². The maximum Gasteiger partial charge on any atom is 0.264 e. The van der Waals surface area contributed by atoms with Gasteiger partial charge in [-0.2, -0.15) is 0 Å². The molecule has 1 amide bonds. The van der Waals surface area contributed by atoms with E-state index in [1.54, 1.807) is 42.5 Å². The van der Waals surface area contributed by atoms with Gasteiger partial charge in [-0.3, -0.25) is 10.1 Å². The van der Waals surface area contributed by atoms with Crippen LogP contribution in [0.15, 0.2) is 48.5 Å². The van der Waals surface area contributed by atoms with Gasteiger partial charge in [0.1, 0.15) is 0 Å². The Hall–Kier alpha value is -2.31. The molecule has 0 aliphatic rings. The van der Waals surface area contributed by atoms with Gasteiger partial charge >= 0.3 is 0 Å². The Labute approximate surface area is 144 Å². The number of ether oxygens (including phenoxy) is 2. The third-order valence-electron chi connectivity index (χ3n) is 2.78. The van der Waals surface area contributed by atoms with Crippen LogP contribution < -0.4 is 20.1 Å². The molecular formula is C16H15ClN2O3S. The number of rotatable bonds is 5. The summed E-state index contributed by atoms with van der Waals surface area (Å²) < 4.78 is 10.6. The van der Waals surface area contributed by atoms with E-state index in [1.165, 1.54) is 7.11 Å². The first-order chi connectivity index (χ1) is 11.1. The molecule has 2 aromatic rings. The maximum absolute atomic E-state index is 11.8. The number of carbonyl (C=O) groups is 1. The van der Waals surface area contributed by atoms with Crippen LogP contribution in [0.5, 0.6) is 11.5 Å². The van der Waals surface area contributed by atoms with E-state index in [0.717, 1.165) is 5.69 Å². The van der Waals surface area contributed by atoms with E-state index in [9.17, 15) is 4.79 Å². The zero-order valence-electron chi connectivity index (χ0n) is 12.3. The van der Waals surface area contributed by atoms with Crippen molar-refractivity contribution < 1.29 is 14.3 Å². The monoisotopic (exact) mass is 350 g/mol. The van der Waals surface area contributed by atoms with Crippen molar-refractivity contribution in [2.75, 3.05) is 19.0 Å². The van der Waals surface area contributed by atoms with Crippen LogP contribution in [-0.2, 0) is 4.79 Å². The lowest BCUT2D eigenvalue weighted by molar-refractivity contribution is -0.121. The summed E-state index contributed by atoms with van der Waals surface area (Å²) in [5, 5.41) is 6.22. The minimum Gasteiger partial charge on any atom is -0.493 e. The Bertz CT molecular complexity index is 692. The molecule has 0 saturated heterocycles. The molecule has 0 aliphatic carbocycles. The number of hydrogen-bond acceptors (Lipinski definition) is 4. The second kappa shape index (κ2) is 8.36. The number of para-hydroxylation sites is 2. The Kier molecular flexibility index (Phi) is 6.19. The molecule has 5 nitrogen and oxygen atoms in total. The number of methoxy groups -OCH3 is 1. The summed E-state index contributed by atoms with van der Waals surface area (Å²) >= 11 is 10.9. The number of carbonyl (C=O) groups excluding carboxylic acids is 1. The van der Waals surface area contributed by atoms with Crippen LogP contribution in [0.3, 0.4) is 0 Å². The number of amides is 1. The summed E-state index contributed by atoms with van der Waals surface area (Å²) in [6.07, 6.45) is 0. The van der Waals surface area contributed by atoms with Crippen molar-refractivity contribution in [3.05, 3.63) is 53.6 Å². The summed E-state index contributed by atoms with van der Waals surface area (Å²) in [6, 6.07) is 14.0. The quantitative estimate of drug-likeness (QED) is 0.811. The van der Waals surface area contributed by atoms with Crippen molar-refractivity contribution in [3.63, 3.8) is 0 Å². The summed E-state index contributed by atoms with van der Waals surface area (Å²) in [6.45, 7) is -0.178. The highest BCUT2D eigenvalue weighted by molar-refractivity contribution is 7.80. The van der Waals surface area contributed by atoms with E-state index in [1.807, 2.05) is 6.07 Å². The lowest BCUT2D eigenvalue weighted by Gasteiger charge is -2.12. The normalized spacial score (nSPS) is 9.83.